The first kappa shape index (κ1) is 19.1. The molecule has 0 aliphatic carbocycles. The van der Waals surface area contributed by atoms with Crippen LogP contribution in [0.25, 0.3) is 0 Å². The summed E-state index contributed by atoms with van der Waals surface area (Å²) in [5, 5.41) is 9.31. The Morgan fingerprint density at radius 2 is 1.88 bits per heavy atom. The van der Waals surface area contributed by atoms with Crippen LogP contribution in [0.5, 0.6) is 0 Å². The molecule has 2 rings (SSSR count). The van der Waals surface area contributed by atoms with Gasteiger partial charge in [0, 0.05) is 6.54 Å². The highest BCUT2D eigenvalue weighted by molar-refractivity contribution is 6.38. The molecule has 1 aromatic carbocycles. The number of carbonyl (C=O) groups excluding carboxylic acids is 3. The van der Waals surface area contributed by atoms with Crippen LogP contribution in [0.15, 0.2) is 30.3 Å². The molecular weight excluding hydrogens is 322 g/mol. The van der Waals surface area contributed by atoms with E-state index in [4.69, 9.17) is 4.74 Å². The third-order valence-corrected chi connectivity index (χ3v) is 4.46. The monoisotopic (exact) mass is 347 g/mol. The number of carbonyl (C=O) groups is 3. The molecule has 1 saturated heterocycles. The van der Waals surface area contributed by atoms with Crippen molar-refractivity contribution in [2.24, 2.45) is 5.41 Å². The van der Waals surface area contributed by atoms with Crippen molar-refractivity contribution in [3.8, 4) is 0 Å². The molecule has 1 N–H and O–H groups in total. The highest BCUT2D eigenvalue weighted by Gasteiger charge is 2.41. The van der Waals surface area contributed by atoms with Gasteiger partial charge in [-0.2, -0.15) is 0 Å². The molecular formula is C19H25NO5. The number of piperidine rings is 1. The number of hydrogen-bond donors (Lipinski definition) is 1. The number of aliphatic hydroxyl groups excluding tert-OH is 1. The van der Waals surface area contributed by atoms with E-state index in [9.17, 15) is 19.5 Å². The minimum absolute atomic E-state index is 0.133. The highest BCUT2D eigenvalue weighted by Crippen LogP contribution is 2.23. The number of Topliss-reactive ketones (excluding diaryl/α,β-unsaturated/α-hetero) is 1. The molecule has 1 atom stereocenters. The normalized spacial score (nSPS) is 17.9. The van der Waals surface area contributed by atoms with Gasteiger partial charge in [-0.1, -0.05) is 44.2 Å². The molecule has 6 nitrogen and oxygen atoms in total. The second-order valence-corrected chi connectivity index (χ2v) is 6.97. The first-order valence-electron chi connectivity index (χ1n) is 8.53. The lowest BCUT2D eigenvalue weighted by Gasteiger charge is -2.35. The van der Waals surface area contributed by atoms with Crippen LogP contribution in [0.1, 0.15) is 38.7 Å². The second-order valence-electron chi connectivity index (χ2n) is 6.97. The summed E-state index contributed by atoms with van der Waals surface area (Å²) >= 11 is 0. The zero-order valence-corrected chi connectivity index (χ0v) is 14.7. The minimum atomic E-state index is -1.16. The third kappa shape index (κ3) is 4.66. The topological polar surface area (TPSA) is 83.9 Å². The highest BCUT2D eigenvalue weighted by atomic mass is 16.5. The quantitative estimate of drug-likeness (QED) is 0.625. The molecule has 136 valence electrons. The molecule has 0 spiro atoms. The summed E-state index contributed by atoms with van der Waals surface area (Å²) in [6.07, 6.45) is 2.01. The molecule has 1 aliphatic rings. The van der Waals surface area contributed by atoms with E-state index in [0.29, 0.717) is 13.0 Å². The molecule has 0 radical (unpaired) electrons. The average molecular weight is 347 g/mol. The van der Waals surface area contributed by atoms with Crippen LogP contribution in [0.4, 0.5) is 0 Å². The SMILES string of the molecule is CC(C)(CO)C(=O)C(=O)N1CCCC[C@H]1C(=O)OCc1ccccc1. The average Bonchev–Trinajstić information content (AvgIpc) is 2.65. The maximum Gasteiger partial charge on any atom is 0.329 e. The summed E-state index contributed by atoms with van der Waals surface area (Å²) in [6.45, 7) is 3.08. The molecule has 1 amide bonds. The van der Waals surface area contributed by atoms with Gasteiger partial charge in [-0.05, 0) is 24.8 Å². The van der Waals surface area contributed by atoms with E-state index in [1.165, 1.54) is 18.7 Å². The lowest BCUT2D eigenvalue weighted by molar-refractivity contribution is -0.162. The molecule has 0 aromatic heterocycles. The van der Waals surface area contributed by atoms with Gasteiger partial charge in [0.2, 0.25) is 5.78 Å². The van der Waals surface area contributed by atoms with Crippen LogP contribution in [0.3, 0.4) is 0 Å². The Morgan fingerprint density at radius 3 is 2.52 bits per heavy atom. The fourth-order valence-corrected chi connectivity index (χ4v) is 2.74. The van der Waals surface area contributed by atoms with Crippen molar-refractivity contribution in [2.75, 3.05) is 13.2 Å². The number of ketones is 1. The molecule has 0 bridgehead atoms. The molecule has 1 heterocycles. The van der Waals surface area contributed by atoms with Crippen molar-refractivity contribution >= 4 is 17.7 Å². The Hall–Kier alpha value is -2.21. The van der Waals surface area contributed by atoms with Gasteiger partial charge in [0.15, 0.2) is 0 Å². The summed E-state index contributed by atoms with van der Waals surface area (Å²) in [6, 6.07) is 8.55. The number of benzene rings is 1. The molecule has 25 heavy (non-hydrogen) atoms. The fraction of sp³-hybridized carbons (Fsp3) is 0.526. The maximum atomic E-state index is 12.6. The smallest absolute Gasteiger partial charge is 0.329 e. The summed E-state index contributed by atoms with van der Waals surface area (Å²) in [5.74, 6) is -1.90. The molecule has 6 heteroatoms. The van der Waals surface area contributed by atoms with Crippen molar-refractivity contribution in [1.82, 2.24) is 4.90 Å². The number of aliphatic hydroxyl groups is 1. The van der Waals surface area contributed by atoms with Crippen molar-refractivity contribution < 1.29 is 24.2 Å². The molecule has 1 aromatic rings. The Kier molecular flexibility index (Phi) is 6.31. The number of ether oxygens (including phenoxy) is 1. The van der Waals surface area contributed by atoms with Gasteiger partial charge in [0.25, 0.3) is 5.91 Å². The summed E-state index contributed by atoms with van der Waals surface area (Å²) in [7, 11) is 0. The zero-order chi connectivity index (χ0) is 18.4. The van der Waals surface area contributed by atoms with Crippen LogP contribution in [-0.4, -0.2) is 46.9 Å². The standard InChI is InChI=1S/C19H25NO5/c1-19(2,13-21)16(22)17(23)20-11-7-6-10-15(20)18(24)25-12-14-8-4-3-5-9-14/h3-5,8-9,15,21H,6-7,10-13H2,1-2H3/t15-/m0/s1. The van der Waals surface area contributed by atoms with E-state index < -0.39 is 35.7 Å². The first-order valence-corrected chi connectivity index (χ1v) is 8.53. The van der Waals surface area contributed by atoms with Gasteiger partial charge < -0.3 is 14.7 Å². The zero-order valence-electron chi connectivity index (χ0n) is 14.7. The van der Waals surface area contributed by atoms with Gasteiger partial charge >= 0.3 is 5.97 Å². The third-order valence-electron chi connectivity index (χ3n) is 4.46. The number of likely N-dealkylation sites (tertiary alicyclic amines) is 1. The number of nitrogens with zero attached hydrogens (tertiary/aromatic N) is 1. The largest absolute Gasteiger partial charge is 0.459 e. The van der Waals surface area contributed by atoms with Gasteiger partial charge in [0.1, 0.15) is 12.6 Å². The van der Waals surface area contributed by atoms with Crippen molar-refractivity contribution in [1.29, 1.82) is 0 Å². The second kappa shape index (κ2) is 8.25. The van der Waals surface area contributed by atoms with E-state index in [-0.39, 0.29) is 6.61 Å². The van der Waals surface area contributed by atoms with Crippen LogP contribution in [0, 0.1) is 5.41 Å². The summed E-state index contributed by atoms with van der Waals surface area (Å²) < 4.78 is 5.35. The Morgan fingerprint density at radius 1 is 1.20 bits per heavy atom. The van der Waals surface area contributed by atoms with Crippen molar-refractivity contribution in [3.05, 3.63) is 35.9 Å². The van der Waals surface area contributed by atoms with E-state index in [1.807, 2.05) is 30.3 Å². The van der Waals surface area contributed by atoms with Gasteiger partial charge in [-0.15, -0.1) is 0 Å². The van der Waals surface area contributed by atoms with Crippen molar-refractivity contribution in [2.45, 2.75) is 45.8 Å². The number of amides is 1. The number of rotatable bonds is 6. The molecule has 0 unspecified atom stereocenters. The number of esters is 1. The van der Waals surface area contributed by atoms with Crippen LogP contribution >= 0.6 is 0 Å². The lowest BCUT2D eigenvalue weighted by atomic mass is 9.87. The van der Waals surface area contributed by atoms with E-state index in [1.54, 1.807) is 0 Å². The molecule has 1 fully saturated rings. The predicted octanol–water partition coefficient (Wildman–Crippen LogP) is 1.70. The summed E-state index contributed by atoms with van der Waals surface area (Å²) in [5.41, 5.74) is -0.297. The van der Waals surface area contributed by atoms with Crippen LogP contribution < -0.4 is 0 Å². The summed E-state index contributed by atoms with van der Waals surface area (Å²) in [4.78, 5) is 38.6. The van der Waals surface area contributed by atoms with E-state index in [2.05, 4.69) is 0 Å². The van der Waals surface area contributed by atoms with Crippen LogP contribution in [0.2, 0.25) is 0 Å². The lowest BCUT2D eigenvalue weighted by Crippen LogP contribution is -2.53. The number of hydrogen-bond acceptors (Lipinski definition) is 5. The Bertz CT molecular complexity index is 626. The first-order chi connectivity index (χ1) is 11.9. The van der Waals surface area contributed by atoms with Crippen LogP contribution in [-0.2, 0) is 25.7 Å². The molecule has 0 saturated carbocycles. The Labute approximate surface area is 147 Å². The van der Waals surface area contributed by atoms with Crippen molar-refractivity contribution in [3.63, 3.8) is 0 Å². The van der Waals surface area contributed by atoms with Gasteiger partial charge in [-0.25, -0.2) is 4.79 Å². The predicted molar refractivity (Wildman–Crippen MR) is 91.5 cm³/mol. The molecule has 1 aliphatic heterocycles. The maximum absolute atomic E-state index is 12.6. The van der Waals surface area contributed by atoms with E-state index in [0.717, 1.165) is 18.4 Å². The minimum Gasteiger partial charge on any atom is -0.459 e. The van der Waals surface area contributed by atoms with Gasteiger partial charge in [-0.3, -0.25) is 9.59 Å². The van der Waals surface area contributed by atoms with Gasteiger partial charge in [0.05, 0.1) is 12.0 Å². The van der Waals surface area contributed by atoms with E-state index >= 15 is 0 Å². The fourth-order valence-electron chi connectivity index (χ4n) is 2.74. The Balaban J connectivity index is 2.05.